The highest BCUT2D eigenvalue weighted by Crippen LogP contribution is 2.11. The summed E-state index contributed by atoms with van der Waals surface area (Å²) in [5, 5.41) is 11.3. The molecule has 2 N–H and O–H groups in total. The molecule has 9 nitrogen and oxygen atoms in total. The number of amides is 1. The van der Waals surface area contributed by atoms with Crippen molar-refractivity contribution in [1.29, 1.82) is 0 Å². The van der Waals surface area contributed by atoms with Crippen LogP contribution in [0, 0.1) is 0 Å². The van der Waals surface area contributed by atoms with E-state index < -0.39 is 5.97 Å². The number of aliphatic carboxylic acids is 1. The Morgan fingerprint density at radius 3 is 1.97 bits per heavy atom. The van der Waals surface area contributed by atoms with Gasteiger partial charge in [0.1, 0.15) is 0 Å². The third-order valence-corrected chi connectivity index (χ3v) is 4.24. The highest BCUT2D eigenvalue weighted by Gasteiger charge is 2.04. The summed E-state index contributed by atoms with van der Waals surface area (Å²) in [6.07, 6.45) is 1.28. The fourth-order valence-corrected chi connectivity index (χ4v) is 2.56. The number of para-hydroxylation sites is 1. The molecule has 0 heterocycles. The summed E-state index contributed by atoms with van der Waals surface area (Å²) in [4.78, 5) is 24.3. The SMILES string of the molecule is CN(CCCC(=O)NCCOCCOCCOCCOCCC(=O)O)c1ccccc1. The van der Waals surface area contributed by atoms with Crippen LogP contribution < -0.4 is 10.2 Å². The normalized spacial score (nSPS) is 10.7. The maximum Gasteiger partial charge on any atom is 0.305 e. The van der Waals surface area contributed by atoms with Crippen molar-refractivity contribution in [3.63, 3.8) is 0 Å². The third kappa shape index (κ3) is 16.2. The largest absolute Gasteiger partial charge is 0.481 e. The Kier molecular flexibility index (Phi) is 16.1. The van der Waals surface area contributed by atoms with Gasteiger partial charge in [-0.15, -0.1) is 0 Å². The van der Waals surface area contributed by atoms with Crippen LogP contribution in [0.15, 0.2) is 30.3 Å². The average molecular weight is 441 g/mol. The number of carbonyl (C=O) groups excluding carboxylic acids is 1. The van der Waals surface area contributed by atoms with Crippen molar-refractivity contribution in [2.45, 2.75) is 19.3 Å². The fraction of sp³-hybridized carbons (Fsp3) is 0.636. The van der Waals surface area contributed by atoms with Crippen LogP contribution in [0.1, 0.15) is 19.3 Å². The lowest BCUT2D eigenvalue weighted by Gasteiger charge is -2.18. The van der Waals surface area contributed by atoms with Crippen LogP contribution in [0.3, 0.4) is 0 Å². The number of hydrogen-bond donors (Lipinski definition) is 2. The molecular weight excluding hydrogens is 404 g/mol. The third-order valence-electron chi connectivity index (χ3n) is 4.24. The molecule has 0 aliphatic carbocycles. The second kappa shape index (κ2) is 18.6. The number of carboxylic acid groups (broad SMARTS) is 1. The zero-order valence-electron chi connectivity index (χ0n) is 18.4. The van der Waals surface area contributed by atoms with Crippen molar-refractivity contribution in [3.05, 3.63) is 30.3 Å². The number of ether oxygens (including phenoxy) is 4. The van der Waals surface area contributed by atoms with Crippen LogP contribution in [0.4, 0.5) is 5.69 Å². The molecule has 31 heavy (non-hydrogen) atoms. The lowest BCUT2D eigenvalue weighted by molar-refractivity contribution is -0.138. The van der Waals surface area contributed by atoms with Crippen molar-refractivity contribution in [2.24, 2.45) is 0 Å². The summed E-state index contributed by atoms with van der Waals surface area (Å²) in [5.74, 6) is -0.841. The number of nitrogens with zero attached hydrogens (tertiary/aromatic N) is 1. The molecule has 0 atom stereocenters. The van der Waals surface area contributed by atoms with Crippen LogP contribution in [0.2, 0.25) is 0 Å². The number of hydrogen-bond acceptors (Lipinski definition) is 7. The van der Waals surface area contributed by atoms with Crippen LogP contribution in [0.25, 0.3) is 0 Å². The monoisotopic (exact) mass is 440 g/mol. The van der Waals surface area contributed by atoms with E-state index in [-0.39, 0.29) is 18.9 Å². The minimum absolute atomic E-state index is 0.000849. The first-order chi connectivity index (χ1) is 15.1. The van der Waals surface area contributed by atoms with E-state index in [4.69, 9.17) is 24.1 Å². The molecule has 1 aromatic rings. The van der Waals surface area contributed by atoms with E-state index in [0.29, 0.717) is 59.2 Å². The van der Waals surface area contributed by atoms with Gasteiger partial charge in [-0.05, 0) is 18.6 Å². The molecule has 0 aromatic heterocycles. The number of carbonyl (C=O) groups is 2. The maximum atomic E-state index is 11.9. The molecule has 0 saturated heterocycles. The van der Waals surface area contributed by atoms with Crippen molar-refractivity contribution in [3.8, 4) is 0 Å². The van der Waals surface area contributed by atoms with E-state index in [0.717, 1.165) is 18.7 Å². The molecule has 0 unspecified atom stereocenters. The predicted octanol–water partition coefficient (Wildman–Crippen LogP) is 1.56. The van der Waals surface area contributed by atoms with Crippen molar-refractivity contribution in [2.75, 3.05) is 77.9 Å². The van der Waals surface area contributed by atoms with Crippen molar-refractivity contribution in [1.82, 2.24) is 5.32 Å². The van der Waals surface area contributed by atoms with E-state index in [1.165, 1.54) is 0 Å². The molecule has 0 bridgehead atoms. The highest BCUT2D eigenvalue weighted by atomic mass is 16.6. The quantitative estimate of drug-likeness (QED) is 0.294. The molecular formula is C22H36N2O7. The summed E-state index contributed by atoms with van der Waals surface area (Å²) < 4.78 is 21.2. The second-order valence-corrected chi connectivity index (χ2v) is 6.80. The number of benzene rings is 1. The van der Waals surface area contributed by atoms with E-state index >= 15 is 0 Å². The zero-order chi connectivity index (χ0) is 22.6. The molecule has 9 heteroatoms. The molecule has 0 saturated carbocycles. The zero-order valence-corrected chi connectivity index (χ0v) is 18.4. The van der Waals surface area contributed by atoms with Gasteiger partial charge in [0.2, 0.25) is 5.91 Å². The summed E-state index contributed by atoms with van der Waals surface area (Å²) in [6.45, 7) is 4.53. The number of carboxylic acids is 1. The van der Waals surface area contributed by atoms with Gasteiger partial charge < -0.3 is 34.3 Å². The first kappa shape index (κ1) is 26.8. The lowest BCUT2D eigenvalue weighted by Crippen LogP contribution is -2.28. The molecule has 0 aliphatic heterocycles. The van der Waals surface area contributed by atoms with Crippen LogP contribution >= 0.6 is 0 Å². The Morgan fingerprint density at radius 1 is 0.839 bits per heavy atom. The maximum absolute atomic E-state index is 11.9. The number of rotatable bonds is 20. The standard InChI is InChI=1S/C22H36N2O7/c1-24(20-6-3-2-4-7-20)11-5-8-21(25)23-10-13-29-15-17-31-19-18-30-16-14-28-12-9-22(26)27/h2-4,6-7H,5,8-19H2,1H3,(H,23,25)(H,26,27). The smallest absolute Gasteiger partial charge is 0.305 e. The van der Waals surface area contributed by atoms with Gasteiger partial charge >= 0.3 is 5.97 Å². The number of nitrogens with one attached hydrogen (secondary N) is 1. The first-order valence-corrected chi connectivity index (χ1v) is 10.6. The van der Waals surface area contributed by atoms with E-state index in [9.17, 15) is 9.59 Å². The molecule has 0 radical (unpaired) electrons. The Morgan fingerprint density at radius 2 is 1.39 bits per heavy atom. The summed E-state index contributed by atoms with van der Waals surface area (Å²) in [6, 6.07) is 10.1. The van der Waals surface area contributed by atoms with Crippen LogP contribution in [0.5, 0.6) is 0 Å². The topological polar surface area (TPSA) is 107 Å². The fourth-order valence-electron chi connectivity index (χ4n) is 2.56. The van der Waals surface area contributed by atoms with Gasteiger partial charge in [-0.25, -0.2) is 0 Å². The molecule has 1 amide bonds. The van der Waals surface area contributed by atoms with Crippen molar-refractivity contribution < 1.29 is 33.6 Å². The van der Waals surface area contributed by atoms with Crippen LogP contribution in [-0.4, -0.2) is 90.0 Å². The number of anilines is 1. The van der Waals surface area contributed by atoms with Gasteiger partial charge in [-0.2, -0.15) is 0 Å². The summed E-state index contributed by atoms with van der Waals surface area (Å²) >= 11 is 0. The summed E-state index contributed by atoms with van der Waals surface area (Å²) in [7, 11) is 2.02. The molecule has 1 aromatic carbocycles. The molecule has 176 valence electrons. The lowest BCUT2D eigenvalue weighted by atomic mass is 10.2. The Labute approximate surface area is 184 Å². The van der Waals surface area contributed by atoms with Gasteiger partial charge in [0, 0.05) is 32.2 Å². The molecule has 0 fully saturated rings. The first-order valence-electron chi connectivity index (χ1n) is 10.6. The predicted molar refractivity (Wildman–Crippen MR) is 117 cm³/mol. The van der Waals surface area contributed by atoms with Gasteiger partial charge in [-0.3, -0.25) is 9.59 Å². The van der Waals surface area contributed by atoms with Gasteiger partial charge in [0.25, 0.3) is 0 Å². The molecule has 0 aliphatic rings. The Bertz CT molecular complexity index is 586. The van der Waals surface area contributed by atoms with E-state index in [2.05, 4.69) is 22.3 Å². The molecule has 0 spiro atoms. The average Bonchev–Trinajstić information content (AvgIpc) is 2.76. The molecule has 1 rings (SSSR count). The second-order valence-electron chi connectivity index (χ2n) is 6.80. The minimum Gasteiger partial charge on any atom is -0.481 e. The summed E-state index contributed by atoms with van der Waals surface area (Å²) in [5.41, 5.74) is 1.15. The van der Waals surface area contributed by atoms with E-state index in [1.54, 1.807) is 0 Å². The van der Waals surface area contributed by atoms with Gasteiger partial charge in [-0.1, -0.05) is 18.2 Å². The minimum atomic E-state index is -0.874. The Balaban J connectivity index is 1.80. The van der Waals surface area contributed by atoms with Gasteiger partial charge in [0.05, 0.1) is 59.3 Å². The van der Waals surface area contributed by atoms with Crippen molar-refractivity contribution >= 4 is 17.6 Å². The Hall–Kier alpha value is -2.20. The van der Waals surface area contributed by atoms with Gasteiger partial charge in [0.15, 0.2) is 0 Å². The highest BCUT2D eigenvalue weighted by molar-refractivity contribution is 5.75. The van der Waals surface area contributed by atoms with E-state index in [1.807, 2.05) is 25.2 Å². The van der Waals surface area contributed by atoms with Crippen LogP contribution in [-0.2, 0) is 28.5 Å².